The Balaban J connectivity index is 2.98. The molecule has 0 radical (unpaired) electrons. The summed E-state index contributed by atoms with van der Waals surface area (Å²) in [5.74, 6) is -1.22. The molecule has 1 aromatic carbocycles. The van der Waals surface area contributed by atoms with Crippen LogP contribution in [0, 0.1) is 5.41 Å². The summed E-state index contributed by atoms with van der Waals surface area (Å²) < 4.78 is 0. The molecular formula is C8H7NO3. The third-order valence-electron chi connectivity index (χ3n) is 1.37. The van der Waals surface area contributed by atoms with Crippen molar-refractivity contribution in [3.05, 3.63) is 29.8 Å². The van der Waals surface area contributed by atoms with Gasteiger partial charge in [0, 0.05) is 5.56 Å². The number of carboxylic acids is 1. The Labute approximate surface area is 68.6 Å². The van der Waals surface area contributed by atoms with Crippen LogP contribution in [0.25, 0.3) is 0 Å². The molecule has 0 heterocycles. The van der Waals surface area contributed by atoms with E-state index in [0.29, 0.717) is 0 Å². The largest absolute Gasteiger partial charge is 0.508 e. The zero-order chi connectivity index (χ0) is 9.14. The van der Waals surface area contributed by atoms with Crippen molar-refractivity contribution in [1.29, 1.82) is 5.41 Å². The van der Waals surface area contributed by atoms with Gasteiger partial charge in [-0.1, -0.05) is 0 Å². The van der Waals surface area contributed by atoms with Gasteiger partial charge >= 0.3 is 5.97 Å². The third-order valence-corrected chi connectivity index (χ3v) is 1.37. The van der Waals surface area contributed by atoms with E-state index in [-0.39, 0.29) is 11.3 Å². The van der Waals surface area contributed by atoms with E-state index >= 15 is 0 Å². The van der Waals surface area contributed by atoms with Crippen molar-refractivity contribution in [1.82, 2.24) is 0 Å². The number of carbonyl (C=O) groups is 1. The number of nitrogens with one attached hydrogen (secondary N) is 1. The number of aliphatic carboxylic acids is 1. The molecule has 0 unspecified atom stereocenters. The minimum atomic E-state index is -1.28. The summed E-state index contributed by atoms with van der Waals surface area (Å²) in [4.78, 5) is 10.3. The maximum Gasteiger partial charge on any atom is 0.354 e. The Morgan fingerprint density at radius 2 is 1.75 bits per heavy atom. The second kappa shape index (κ2) is 3.04. The van der Waals surface area contributed by atoms with Gasteiger partial charge in [-0.15, -0.1) is 0 Å². The summed E-state index contributed by atoms with van der Waals surface area (Å²) in [6.45, 7) is 0. The average molecular weight is 165 g/mol. The summed E-state index contributed by atoms with van der Waals surface area (Å²) in [6, 6.07) is 5.44. The molecule has 4 heteroatoms. The highest BCUT2D eigenvalue weighted by molar-refractivity contribution is 6.41. The molecule has 0 atom stereocenters. The van der Waals surface area contributed by atoms with E-state index in [1.165, 1.54) is 24.3 Å². The molecule has 62 valence electrons. The number of hydrogen-bond acceptors (Lipinski definition) is 3. The number of carboxylic acid groups (broad SMARTS) is 1. The minimum Gasteiger partial charge on any atom is -0.508 e. The lowest BCUT2D eigenvalue weighted by atomic mass is 10.1. The summed E-state index contributed by atoms with van der Waals surface area (Å²) in [5, 5.41) is 24.4. The molecule has 4 nitrogen and oxygen atoms in total. The van der Waals surface area contributed by atoms with Gasteiger partial charge in [0.25, 0.3) is 0 Å². The number of phenolic OH excluding ortho intramolecular Hbond substituents is 1. The first kappa shape index (κ1) is 8.26. The van der Waals surface area contributed by atoms with Crippen molar-refractivity contribution < 1.29 is 15.0 Å². The van der Waals surface area contributed by atoms with Crippen LogP contribution in [0.15, 0.2) is 24.3 Å². The molecular weight excluding hydrogens is 158 g/mol. The lowest BCUT2D eigenvalue weighted by molar-refractivity contribution is -0.129. The fourth-order valence-corrected chi connectivity index (χ4v) is 0.752. The lowest BCUT2D eigenvalue weighted by Gasteiger charge is -1.97. The molecule has 0 amide bonds. The second-order valence-electron chi connectivity index (χ2n) is 2.23. The summed E-state index contributed by atoms with van der Waals surface area (Å²) in [6.07, 6.45) is 0. The maximum absolute atomic E-state index is 10.3. The number of benzene rings is 1. The minimum absolute atomic E-state index is 0.0527. The van der Waals surface area contributed by atoms with E-state index in [9.17, 15) is 4.79 Å². The van der Waals surface area contributed by atoms with Gasteiger partial charge in [0.1, 0.15) is 11.5 Å². The van der Waals surface area contributed by atoms with Gasteiger partial charge in [-0.05, 0) is 24.3 Å². The molecule has 0 saturated carbocycles. The Bertz CT molecular complexity index is 316. The number of aromatic hydroxyl groups is 1. The van der Waals surface area contributed by atoms with E-state index in [1.807, 2.05) is 0 Å². The number of phenols is 1. The van der Waals surface area contributed by atoms with Gasteiger partial charge in [0.15, 0.2) is 0 Å². The fourth-order valence-electron chi connectivity index (χ4n) is 0.752. The first-order valence-corrected chi connectivity index (χ1v) is 3.22. The van der Waals surface area contributed by atoms with Gasteiger partial charge in [0.2, 0.25) is 0 Å². The predicted octanol–water partition coefficient (Wildman–Crippen LogP) is 0.845. The Morgan fingerprint density at radius 3 is 2.17 bits per heavy atom. The zero-order valence-electron chi connectivity index (χ0n) is 6.11. The quantitative estimate of drug-likeness (QED) is 0.568. The Morgan fingerprint density at radius 1 is 1.25 bits per heavy atom. The molecule has 0 fully saturated rings. The smallest absolute Gasteiger partial charge is 0.354 e. The molecule has 0 aliphatic heterocycles. The van der Waals surface area contributed by atoms with Crippen LogP contribution >= 0.6 is 0 Å². The van der Waals surface area contributed by atoms with Crippen LogP contribution in [0.4, 0.5) is 0 Å². The molecule has 12 heavy (non-hydrogen) atoms. The molecule has 0 aliphatic rings. The summed E-state index contributed by atoms with van der Waals surface area (Å²) >= 11 is 0. The van der Waals surface area contributed by atoms with E-state index in [0.717, 1.165) is 0 Å². The monoisotopic (exact) mass is 165 g/mol. The standard InChI is InChI=1S/C8H7NO3/c9-7(8(11)12)5-1-3-6(10)4-2-5/h1-4,9-10H,(H,11,12). The molecule has 1 rings (SSSR count). The Kier molecular flexibility index (Phi) is 2.09. The molecule has 0 aromatic heterocycles. The molecule has 1 aromatic rings. The zero-order valence-corrected chi connectivity index (χ0v) is 6.11. The van der Waals surface area contributed by atoms with Crippen LogP contribution in [-0.2, 0) is 4.79 Å². The van der Waals surface area contributed by atoms with Gasteiger partial charge < -0.3 is 10.2 Å². The highest BCUT2D eigenvalue weighted by atomic mass is 16.4. The van der Waals surface area contributed by atoms with Crippen LogP contribution in [-0.4, -0.2) is 21.9 Å². The van der Waals surface area contributed by atoms with Crippen molar-refractivity contribution in [3.8, 4) is 5.75 Å². The van der Waals surface area contributed by atoms with Crippen molar-refractivity contribution in [3.63, 3.8) is 0 Å². The molecule has 0 saturated heterocycles. The summed E-state index contributed by atoms with van der Waals surface area (Å²) in [7, 11) is 0. The lowest BCUT2D eigenvalue weighted by Crippen LogP contribution is -2.12. The van der Waals surface area contributed by atoms with Crippen LogP contribution in [0.3, 0.4) is 0 Å². The molecule has 0 spiro atoms. The van der Waals surface area contributed by atoms with Crippen LogP contribution in [0.2, 0.25) is 0 Å². The van der Waals surface area contributed by atoms with Crippen molar-refractivity contribution in [2.75, 3.05) is 0 Å². The van der Waals surface area contributed by atoms with Crippen molar-refractivity contribution in [2.45, 2.75) is 0 Å². The fraction of sp³-hybridized carbons (Fsp3) is 0. The van der Waals surface area contributed by atoms with Gasteiger partial charge in [-0.3, -0.25) is 5.41 Å². The normalized spacial score (nSPS) is 9.33. The predicted molar refractivity (Wildman–Crippen MR) is 42.6 cm³/mol. The highest BCUT2D eigenvalue weighted by Crippen LogP contribution is 2.09. The van der Waals surface area contributed by atoms with E-state index in [2.05, 4.69) is 0 Å². The van der Waals surface area contributed by atoms with Gasteiger partial charge in [-0.2, -0.15) is 0 Å². The van der Waals surface area contributed by atoms with E-state index in [4.69, 9.17) is 15.6 Å². The summed E-state index contributed by atoms with van der Waals surface area (Å²) in [5.41, 5.74) is -0.199. The Hall–Kier alpha value is -1.84. The average Bonchev–Trinajstić information content (AvgIpc) is 2.04. The van der Waals surface area contributed by atoms with E-state index < -0.39 is 11.7 Å². The van der Waals surface area contributed by atoms with Crippen LogP contribution < -0.4 is 0 Å². The second-order valence-corrected chi connectivity index (χ2v) is 2.23. The first-order valence-electron chi connectivity index (χ1n) is 3.22. The molecule has 0 aliphatic carbocycles. The topological polar surface area (TPSA) is 81.4 Å². The third kappa shape index (κ3) is 1.60. The molecule has 3 N–H and O–H groups in total. The van der Waals surface area contributed by atoms with Crippen LogP contribution in [0.5, 0.6) is 5.75 Å². The van der Waals surface area contributed by atoms with Gasteiger partial charge in [-0.25, -0.2) is 4.79 Å². The SMILES string of the molecule is N=C(C(=O)O)c1ccc(O)cc1. The highest BCUT2D eigenvalue weighted by Gasteiger charge is 2.08. The maximum atomic E-state index is 10.3. The first-order chi connectivity index (χ1) is 5.61. The number of hydrogen-bond donors (Lipinski definition) is 3. The van der Waals surface area contributed by atoms with Crippen molar-refractivity contribution in [2.24, 2.45) is 0 Å². The van der Waals surface area contributed by atoms with Crippen LogP contribution in [0.1, 0.15) is 5.56 Å². The number of rotatable bonds is 2. The van der Waals surface area contributed by atoms with E-state index in [1.54, 1.807) is 0 Å². The van der Waals surface area contributed by atoms with Crippen molar-refractivity contribution >= 4 is 11.7 Å². The molecule has 0 bridgehead atoms. The van der Waals surface area contributed by atoms with Gasteiger partial charge in [0.05, 0.1) is 0 Å².